The molecule has 0 N–H and O–H groups in total. The maximum atomic E-state index is 12.7. The maximum absolute atomic E-state index is 12.7. The Bertz CT molecular complexity index is 620. The van der Waals surface area contributed by atoms with Crippen molar-refractivity contribution in [1.29, 1.82) is 0 Å². The lowest BCUT2D eigenvalue weighted by Gasteiger charge is -2.07. The molecule has 0 atom stereocenters. The Kier molecular flexibility index (Phi) is 4.57. The Morgan fingerprint density at radius 3 is 2.43 bits per heavy atom. The van der Waals surface area contributed by atoms with Crippen LogP contribution in [-0.4, -0.2) is 6.21 Å². The standard InChI is InChI=1S/C15H11F4NO/c16-14-6-4-11(5-7-14)9-20-21-10-12-2-1-3-13(8-12)15(17,18)19/h1-9H,10H2/b20-9+. The molecule has 0 aliphatic heterocycles. The van der Waals surface area contributed by atoms with E-state index in [2.05, 4.69) is 5.16 Å². The molecule has 0 radical (unpaired) electrons. The van der Waals surface area contributed by atoms with Crippen LogP contribution in [0.1, 0.15) is 16.7 Å². The largest absolute Gasteiger partial charge is 0.416 e. The van der Waals surface area contributed by atoms with Crippen LogP contribution in [0, 0.1) is 5.82 Å². The highest BCUT2D eigenvalue weighted by Gasteiger charge is 2.30. The molecule has 0 saturated heterocycles. The van der Waals surface area contributed by atoms with E-state index in [0.29, 0.717) is 11.1 Å². The molecule has 0 fully saturated rings. The van der Waals surface area contributed by atoms with E-state index in [1.165, 1.54) is 42.6 Å². The Balaban J connectivity index is 1.93. The van der Waals surface area contributed by atoms with Gasteiger partial charge in [0.15, 0.2) is 0 Å². The molecule has 0 aromatic heterocycles. The zero-order valence-electron chi connectivity index (χ0n) is 10.8. The summed E-state index contributed by atoms with van der Waals surface area (Å²) in [5.74, 6) is -0.364. The number of hydrogen-bond donors (Lipinski definition) is 0. The summed E-state index contributed by atoms with van der Waals surface area (Å²) in [4.78, 5) is 4.93. The van der Waals surface area contributed by atoms with Gasteiger partial charge in [-0.15, -0.1) is 0 Å². The summed E-state index contributed by atoms with van der Waals surface area (Å²) >= 11 is 0. The first-order valence-electron chi connectivity index (χ1n) is 6.02. The van der Waals surface area contributed by atoms with Crippen molar-refractivity contribution in [3.05, 3.63) is 71.0 Å². The Labute approximate surface area is 118 Å². The number of alkyl halides is 3. The van der Waals surface area contributed by atoms with E-state index in [9.17, 15) is 17.6 Å². The molecule has 0 aliphatic carbocycles. The average molecular weight is 297 g/mol. The minimum Gasteiger partial charge on any atom is -0.391 e. The molecular weight excluding hydrogens is 286 g/mol. The second-order valence-electron chi connectivity index (χ2n) is 4.26. The summed E-state index contributed by atoms with van der Waals surface area (Å²) in [5, 5.41) is 3.63. The van der Waals surface area contributed by atoms with E-state index in [1.807, 2.05) is 0 Å². The Hall–Kier alpha value is -2.37. The molecule has 0 unspecified atom stereocenters. The molecule has 0 saturated carbocycles. The number of nitrogens with zero attached hydrogens (tertiary/aromatic N) is 1. The van der Waals surface area contributed by atoms with Gasteiger partial charge < -0.3 is 4.84 Å². The molecule has 0 bridgehead atoms. The molecule has 0 aliphatic rings. The van der Waals surface area contributed by atoms with Gasteiger partial charge in [0.05, 0.1) is 11.8 Å². The van der Waals surface area contributed by atoms with Crippen LogP contribution < -0.4 is 0 Å². The number of benzene rings is 2. The highest BCUT2D eigenvalue weighted by Crippen LogP contribution is 2.29. The van der Waals surface area contributed by atoms with Crippen LogP contribution in [0.3, 0.4) is 0 Å². The van der Waals surface area contributed by atoms with Crippen molar-refractivity contribution >= 4 is 6.21 Å². The molecule has 6 heteroatoms. The van der Waals surface area contributed by atoms with Crippen LogP contribution in [0.25, 0.3) is 0 Å². The number of hydrogen-bond acceptors (Lipinski definition) is 2. The molecule has 0 heterocycles. The third-order valence-corrected chi connectivity index (χ3v) is 2.63. The van der Waals surface area contributed by atoms with Gasteiger partial charge in [0.25, 0.3) is 0 Å². The molecule has 110 valence electrons. The second-order valence-corrected chi connectivity index (χ2v) is 4.26. The van der Waals surface area contributed by atoms with Gasteiger partial charge >= 0.3 is 6.18 Å². The van der Waals surface area contributed by atoms with E-state index in [1.54, 1.807) is 0 Å². The smallest absolute Gasteiger partial charge is 0.391 e. The normalized spacial score (nSPS) is 11.8. The topological polar surface area (TPSA) is 21.6 Å². The van der Waals surface area contributed by atoms with Gasteiger partial charge in [0, 0.05) is 0 Å². The lowest BCUT2D eigenvalue weighted by atomic mass is 10.1. The fraction of sp³-hybridized carbons (Fsp3) is 0.133. The van der Waals surface area contributed by atoms with Crippen LogP contribution in [0.5, 0.6) is 0 Å². The molecule has 21 heavy (non-hydrogen) atoms. The summed E-state index contributed by atoms with van der Waals surface area (Å²) in [6.07, 6.45) is -3.03. The van der Waals surface area contributed by atoms with E-state index < -0.39 is 11.7 Å². The Morgan fingerprint density at radius 1 is 1.05 bits per heavy atom. The highest BCUT2D eigenvalue weighted by atomic mass is 19.4. The third kappa shape index (κ3) is 4.59. The molecule has 0 amide bonds. The first-order chi connectivity index (χ1) is 9.95. The number of oxime groups is 1. The van der Waals surface area contributed by atoms with Gasteiger partial charge in [-0.05, 0) is 35.4 Å². The van der Waals surface area contributed by atoms with Crippen LogP contribution in [0.2, 0.25) is 0 Å². The first-order valence-corrected chi connectivity index (χ1v) is 6.02. The first kappa shape index (κ1) is 15.0. The lowest BCUT2D eigenvalue weighted by Crippen LogP contribution is -2.05. The van der Waals surface area contributed by atoms with Gasteiger partial charge in [0.2, 0.25) is 0 Å². The van der Waals surface area contributed by atoms with Crippen LogP contribution in [-0.2, 0) is 17.6 Å². The van der Waals surface area contributed by atoms with Crippen molar-refractivity contribution in [2.24, 2.45) is 5.16 Å². The van der Waals surface area contributed by atoms with Crippen molar-refractivity contribution in [3.63, 3.8) is 0 Å². The summed E-state index contributed by atoms with van der Waals surface area (Å²) in [6, 6.07) is 10.4. The molecule has 0 spiro atoms. The zero-order chi connectivity index (χ0) is 15.3. The summed E-state index contributed by atoms with van der Waals surface area (Å²) < 4.78 is 50.2. The van der Waals surface area contributed by atoms with Crippen LogP contribution in [0.4, 0.5) is 17.6 Å². The van der Waals surface area contributed by atoms with E-state index in [-0.39, 0.29) is 12.4 Å². The minimum absolute atomic E-state index is 0.0817. The maximum Gasteiger partial charge on any atom is 0.416 e. The predicted octanol–water partition coefficient (Wildman–Crippen LogP) is 4.40. The molecule has 2 aromatic carbocycles. The second kappa shape index (κ2) is 6.39. The van der Waals surface area contributed by atoms with Crippen LogP contribution in [0.15, 0.2) is 53.7 Å². The summed E-state index contributed by atoms with van der Waals surface area (Å²) in [6.45, 7) is -0.0817. The molecule has 2 rings (SSSR count). The fourth-order valence-electron chi connectivity index (χ4n) is 1.60. The average Bonchev–Trinajstić information content (AvgIpc) is 2.45. The number of halogens is 4. The SMILES string of the molecule is Fc1ccc(/C=N/OCc2cccc(C(F)(F)F)c2)cc1. The molecular formula is C15H11F4NO. The third-order valence-electron chi connectivity index (χ3n) is 2.63. The molecule has 2 nitrogen and oxygen atoms in total. The fourth-order valence-corrected chi connectivity index (χ4v) is 1.60. The van der Waals surface area contributed by atoms with Crippen LogP contribution >= 0.6 is 0 Å². The summed E-state index contributed by atoms with van der Waals surface area (Å²) in [5.41, 5.74) is 0.257. The minimum atomic E-state index is -4.38. The Morgan fingerprint density at radius 2 is 1.76 bits per heavy atom. The summed E-state index contributed by atoms with van der Waals surface area (Å²) in [7, 11) is 0. The van der Waals surface area contributed by atoms with Gasteiger partial charge in [-0.3, -0.25) is 0 Å². The number of rotatable bonds is 4. The zero-order valence-corrected chi connectivity index (χ0v) is 10.8. The quantitative estimate of drug-likeness (QED) is 0.466. The molecule has 2 aromatic rings. The van der Waals surface area contributed by atoms with E-state index in [0.717, 1.165) is 12.1 Å². The van der Waals surface area contributed by atoms with Gasteiger partial charge in [-0.2, -0.15) is 13.2 Å². The van der Waals surface area contributed by atoms with Gasteiger partial charge in [-0.25, -0.2) is 4.39 Å². The highest BCUT2D eigenvalue weighted by molar-refractivity contribution is 5.78. The van der Waals surface area contributed by atoms with Crippen molar-refractivity contribution in [2.75, 3.05) is 0 Å². The van der Waals surface area contributed by atoms with E-state index in [4.69, 9.17) is 4.84 Å². The van der Waals surface area contributed by atoms with Gasteiger partial charge in [0.1, 0.15) is 12.4 Å². The van der Waals surface area contributed by atoms with Crippen molar-refractivity contribution in [3.8, 4) is 0 Å². The van der Waals surface area contributed by atoms with E-state index >= 15 is 0 Å². The van der Waals surface area contributed by atoms with Crippen molar-refractivity contribution < 1.29 is 22.4 Å². The lowest BCUT2D eigenvalue weighted by molar-refractivity contribution is -0.137. The monoisotopic (exact) mass is 297 g/mol. The van der Waals surface area contributed by atoms with Crippen molar-refractivity contribution in [2.45, 2.75) is 12.8 Å². The van der Waals surface area contributed by atoms with Crippen molar-refractivity contribution in [1.82, 2.24) is 0 Å². The van der Waals surface area contributed by atoms with Gasteiger partial charge in [-0.1, -0.05) is 29.4 Å². The predicted molar refractivity (Wildman–Crippen MR) is 70.2 cm³/mol.